The minimum absolute atomic E-state index is 0.133. The molecule has 1 N–H and O–H groups in total. The van der Waals surface area contributed by atoms with Gasteiger partial charge in [-0.1, -0.05) is 49.6 Å². The number of carbonyl (C=O) groups excluding carboxylic acids is 1. The number of benzene rings is 1. The number of halogens is 1. The van der Waals surface area contributed by atoms with Crippen molar-refractivity contribution in [2.75, 3.05) is 6.54 Å². The number of amides is 1. The second-order valence-electron chi connectivity index (χ2n) is 5.72. The van der Waals surface area contributed by atoms with E-state index >= 15 is 0 Å². The van der Waals surface area contributed by atoms with Crippen LogP contribution in [-0.2, 0) is 0 Å². The first-order valence-corrected chi connectivity index (χ1v) is 9.63. The highest BCUT2D eigenvalue weighted by Gasteiger charge is 2.19. The lowest BCUT2D eigenvalue weighted by molar-refractivity contribution is 0.0945. The first kappa shape index (κ1) is 17.7. The van der Waals surface area contributed by atoms with E-state index in [0.717, 1.165) is 29.8 Å². The van der Waals surface area contributed by atoms with Crippen LogP contribution in [0.3, 0.4) is 0 Å². The summed E-state index contributed by atoms with van der Waals surface area (Å²) < 4.78 is 1.63. The molecular formula is C19H20ClN3OS. The van der Waals surface area contributed by atoms with E-state index in [1.807, 2.05) is 41.8 Å². The maximum absolute atomic E-state index is 12.7. The molecule has 1 aromatic carbocycles. The van der Waals surface area contributed by atoms with Crippen LogP contribution >= 0.6 is 22.9 Å². The SMILES string of the molecule is CCCCCNC(=O)c1cc(-c2cccs2)nn1-c1ccccc1Cl. The van der Waals surface area contributed by atoms with E-state index in [4.69, 9.17) is 11.6 Å². The Labute approximate surface area is 156 Å². The Kier molecular flexibility index (Phi) is 5.89. The lowest BCUT2D eigenvalue weighted by atomic mass is 10.2. The average Bonchev–Trinajstić information content (AvgIpc) is 3.28. The summed E-state index contributed by atoms with van der Waals surface area (Å²) in [6, 6.07) is 13.2. The molecule has 0 aliphatic rings. The van der Waals surface area contributed by atoms with Crippen molar-refractivity contribution in [1.29, 1.82) is 0 Å². The minimum Gasteiger partial charge on any atom is -0.351 e. The van der Waals surface area contributed by atoms with Gasteiger partial charge >= 0.3 is 0 Å². The third-order valence-corrected chi connectivity index (χ3v) is 5.07. The van der Waals surface area contributed by atoms with Gasteiger partial charge in [-0.2, -0.15) is 5.10 Å². The van der Waals surface area contributed by atoms with Crippen molar-refractivity contribution in [2.45, 2.75) is 26.2 Å². The molecule has 25 heavy (non-hydrogen) atoms. The van der Waals surface area contributed by atoms with Gasteiger partial charge in [-0.3, -0.25) is 4.79 Å². The molecule has 6 heteroatoms. The molecule has 130 valence electrons. The largest absolute Gasteiger partial charge is 0.351 e. The summed E-state index contributed by atoms with van der Waals surface area (Å²) in [5.41, 5.74) is 1.97. The molecule has 0 unspecified atom stereocenters. The van der Waals surface area contributed by atoms with E-state index in [9.17, 15) is 4.79 Å². The molecule has 3 aromatic rings. The zero-order valence-corrected chi connectivity index (χ0v) is 15.6. The summed E-state index contributed by atoms with van der Waals surface area (Å²) in [6.45, 7) is 2.80. The van der Waals surface area contributed by atoms with Crippen molar-refractivity contribution in [2.24, 2.45) is 0 Å². The highest BCUT2D eigenvalue weighted by atomic mass is 35.5. The number of nitrogens with zero attached hydrogens (tertiary/aromatic N) is 2. The second kappa shape index (κ2) is 8.32. The summed E-state index contributed by atoms with van der Waals surface area (Å²) in [4.78, 5) is 13.7. The molecule has 2 heterocycles. The standard InChI is InChI=1S/C19H20ClN3OS/c1-2-3-6-11-21-19(24)17-13-15(18-10-7-12-25-18)22-23(17)16-9-5-4-8-14(16)20/h4-5,7-10,12-13H,2-3,6,11H2,1H3,(H,21,24). The third-order valence-electron chi connectivity index (χ3n) is 3.86. The van der Waals surface area contributed by atoms with E-state index in [2.05, 4.69) is 17.3 Å². The fourth-order valence-electron chi connectivity index (χ4n) is 2.56. The normalized spacial score (nSPS) is 10.8. The van der Waals surface area contributed by atoms with Gasteiger partial charge in [0.1, 0.15) is 11.4 Å². The zero-order chi connectivity index (χ0) is 17.6. The van der Waals surface area contributed by atoms with E-state index < -0.39 is 0 Å². The Morgan fingerprint density at radius 1 is 1.24 bits per heavy atom. The van der Waals surface area contributed by atoms with Gasteiger partial charge in [0.25, 0.3) is 5.91 Å². The molecule has 4 nitrogen and oxygen atoms in total. The van der Waals surface area contributed by atoms with Crippen LogP contribution in [0.25, 0.3) is 16.3 Å². The van der Waals surface area contributed by atoms with Crippen LogP contribution in [0.15, 0.2) is 47.8 Å². The minimum atomic E-state index is -0.133. The number of aromatic nitrogens is 2. The summed E-state index contributed by atoms with van der Waals surface area (Å²) >= 11 is 7.92. The summed E-state index contributed by atoms with van der Waals surface area (Å²) in [7, 11) is 0. The molecule has 0 saturated carbocycles. The predicted molar refractivity (Wildman–Crippen MR) is 104 cm³/mol. The van der Waals surface area contributed by atoms with E-state index in [1.165, 1.54) is 0 Å². The smallest absolute Gasteiger partial charge is 0.270 e. The first-order chi connectivity index (χ1) is 12.2. The fraction of sp³-hybridized carbons (Fsp3) is 0.263. The van der Waals surface area contributed by atoms with Crippen LogP contribution in [0.2, 0.25) is 5.02 Å². The Balaban J connectivity index is 1.95. The van der Waals surface area contributed by atoms with Crippen LogP contribution in [0, 0.1) is 0 Å². The summed E-state index contributed by atoms with van der Waals surface area (Å²) in [5, 5.41) is 10.2. The molecule has 0 aliphatic carbocycles. The lowest BCUT2D eigenvalue weighted by Crippen LogP contribution is -2.26. The Morgan fingerprint density at radius 2 is 2.08 bits per heavy atom. The van der Waals surface area contributed by atoms with Crippen LogP contribution < -0.4 is 5.32 Å². The Bertz CT molecular complexity index is 842. The van der Waals surface area contributed by atoms with Crippen molar-refractivity contribution in [1.82, 2.24) is 15.1 Å². The summed E-state index contributed by atoms with van der Waals surface area (Å²) in [6.07, 6.45) is 3.20. The molecule has 2 aromatic heterocycles. The molecule has 1 amide bonds. The van der Waals surface area contributed by atoms with Crippen molar-refractivity contribution in [3.05, 3.63) is 58.6 Å². The number of carbonyl (C=O) groups is 1. The van der Waals surface area contributed by atoms with Crippen LogP contribution in [-0.4, -0.2) is 22.2 Å². The van der Waals surface area contributed by atoms with Gasteiger partial charge in [0.15, 0.2) is 0 Å². The third kappa shape index (κ3) is 4.11. The van der Waals surface area contributed by atoms with Gasteiger partial charge < -0.3 is 5.32 Å². The quantitative estimate of drug-likeness (QED) is 0.580. The van der Waals surface area contributed by atoms with Crippen molar-refractivity contribution >= 4 is 28.8 Å². The second-order valence-corrected chi connectivity index (χ2v) is 7.07. The number of rotatable bonds is 7. The molecule has 0 saturated heterocycles. The van der Waals surface area contributed by atoms with Gasteiger partial charge in [0.05, 0.1) is 15.6 Å². The van der Waals surface area contributed by atoms with Gasteiger partial charge in [-0.25, -0.2) is 4.68 Å². The number of unbranched alkanes of at least 4 members (excludes halogenated alkanes) is 2. The number of nitrogens with one attached hydrogen (secondary N) is 1. The highest BCUT2D eigenvalue weighted by Crippen LogP contribution is 2.28. The topological polar surface area (TPSA) is 46.9 Å². The fourth-order valence-corrected chi connectivity index (χ4v) is 3.46. The monoisotopic (exact) mass is 373 g/mol. The van der Waals surface area contributed by atoms with E-state index in [0.29, 0.717) is 22.9 Å². The average molecular weight is 374 g/mol. The molecule has 0 spiro atoms. The number of para-hydroxylation sites is 1. The number of hydrogen-bond acceptors (Lipinski definition) is 3. The maximum Gasteiger partial charge on any atom is 0.270 e. The molecular weight excluding hydrogens is 354 g/mol. The van der Waals surface area contributed by atoms with Crippen LogP contribution in [0.4, 0.5) is 0 Å². The summed E-state index contributed by atoms with van der Waals surface area (Å²) in [5.74, 6) is -0.133. The Morgan fingerprint density at radius 3 is 2.80 bits per heavy atom. The number of hydrogen-bond donors (Lipinski definition) is 1. The van der Waals surface area contributed by atoms with Crippen molar-refractivity contribution < 1.29 is 4.79 Å². The molecule has 0 radical (unpaired) electrons. The molecule has 0 fully saturated rings. The molecule has 0 aliphatic heterocycles. The van der Waals surface area contributed by atoms with Crippen molar-refractivity contribution in [3.8, 4) is 16.3 Å². The van der Waals surface area contributed by atoms with Crippen LogP contribution in [0.5, 0.6) is 0 Å². The molecule has 0 atom stereocenters. The predicted octanol–water partition coefficient (Wildman–Crippen LogP) is 5.17. The van der Waals surface area contributed by atoms with E-state index in [1.54, 1.807) is 22.1 Å². The van der Waals surface area contributed by atoms with Gasteiger partial charge in [-0.05, 0) is 36.1 Å². The first-order valence-electron chi connectivity index (χ1n) is 8.37. The van der Waals surface area contributed by atoms with Gasteiger partial charge in [0, 0.05) is 6.54 Å². The number of thiophene rings is 1. The van der Waals surface area contributed by atoms with Crippen molar-refractivity contribution in [3.63, 3.8) is 0 Å². The Hall–Kier alpha value is -2.11. The van der Waals surface area contributed by atoms with Gasteiger partial charge in [0.2, 0.25) is 0 Å². The van der Waals surface area contributed by atoms with E-state index in [-0.39, 0.29) is 5.91 Å². The molecule has 0 bridgehead atoms. The lowest BCUT2D eigenvalue weighted by Gasteiger charge is -2.09. The zero-order valence-electron chi connectivity index (χ0n) is 14.0. The van der Waals surface area contributed by atoms with Gasteiger partial charge in [-0.15, -0.1) is 11.3 Å². The van der Waals surface area contributed by atoms with Crippen LogP contribution in [0.1, 0.15) is 36.7 Å². The maximum atomic E-state index is 12.7. The highest BCUT2D eigenvalue weighted by molar-refractivity contribution is 7.13. The molecule has 3 rings (SSSR count).